The highest BCUT2D eigenvalue weighted by Gasteiger charge is 2.30. The maximum atomic E-state index is 12.9. The van der Waals surface area contributed by atoms with Gasteiger partial charge in [-0.15, -0.1) is 0 Å². The zero-order chi connectivity index (χ0) is 18.7. The van der Waals surface area contributed by atoms with Crippen molar-refractivity contribution < 1.29 is 13.2 Å². The summed E-state index contributed by atoms with van der Waals surface area (Å²) in [6, 6.07) is 13.1. The molecule has 0 aliphatic rings. The van der Waals surface area contributed by atoms with E-state index in [9.17, 15) is 13.2 Å². The van der Waals surface area contributed by atoms with Gasteiger partial charge >= 0.3 is 6.18 Å². The molecule has 0 aliphatic heterocycles. The number of para-hydroxylation sites is 2. The first kappa shape index (κ1) is 18.3. The Morgan fingerprint density at radius 2 is 1.85 bits per heavy atom. The Morgan fingerprint density at radius 1 is 1.08 bits per heavy atom. The van der Waals surface area contributed by atoms with Crippen molar-refractivity contribution in [1.82, 2.24) is 14.5 Å². The fraction of sp³-hybridized carbons (Fsp3) is 0.316. The summed E-state index contributed by atoms with van der Waals surface area (Å²) in [5.74, 6) is 0.658. The fourth-order valence-electron chi connectivity index (χ4n) is 2.78. The summed E-state index contributed by atoms with van der Waals surface area (Å²) < 4.78 is 40.7. The number of hydrogen-bond donors (Lipinski definition) is 1. The SMILES string of the molecule is CN(C)CCn1c(NCc2cccc(C(F)(F)F)c2)nc2ccccc21. The van der Waals surface area contributed by atoms with Crippen molar-refractivity contribution in [2.24, 2.45) is 0 Å². The largest absolute Gasteiger partial charge is 0.416 e. The number of halogens is 3. The Morgan fingerprint density at radius 3 is 2.58 bits per heavy atom. The van der Waals surface area contributed by atoms with Crippen LogP contribution in [-0.4, -0.2) is 35.1 Å². The molecule has 0 bridgehead atoms. The van der Waals surface area contributed by atoms with E-state index < -0.39 is 11.7 Å². The molecule has 2 aromatic carbocycles. The predicted octanol–water partition coefficient (Wildman–Crippen LogP) is 4.23. The molecule has 1 aromatic heterocycles. The number of nitrogens with one attached hydrogen (secondary N) is 1. The summed E-state index contributed by atoms with van der Waals surface area (Å²) in [7, 11) is 3.99. The molecule has 0 radical (unpaired) electrons. The molecule has 0 atom stereocenters. The maximum Gasteiger partial charge on any atom is 0.416 e. The van der Waals surface area contributed by atoms with E-state index in [1.165, 1.54) is 12.1 Å². The Kier molecular flexibility index (Phi) is 5.18. The van der Waals surface area contributed by atoms with Crippen molar-refractivity contribution in [3.05, 3.63) is 59.7 Å². The van der Waals surface area contributed by atoms with Crippen LogP contribution in [0, 0.1) is 0 Å². The lowest BCUT2D eigenvalue weighted by molar-refractivity contribution is -0.137. The fourth-order valence-corrected chi connectivity index (χ4v) is 2.78. The molecule has 7 heteroatoms. The third-order valence-electron chi connectivity index (χ3n) is 4.13. The van der Waals surface area contributed by atoms with Gasteiger partial charge in [0.1, 0.15) is 0 Å². The molecule has 3 aromatic rings. The first-order chi connectivity index (χ1) is 12.3. The van der Waals surface area contributed by atoms with Crippen LogP contribution >= 0.6 is 0 Å². The molecule has 0 unspecified atom stereocenters. The van der Waals surface area contributed by atoms with Crippen LogP contribution in [0.5, 0.6) is 0 Å². The summed E-state index contributed by atoms with van der Waals surface area (Å²) in [5, 5.41) is 3.19. The minimum Gasteiger partial charge on any atom is -0.352 e. The zero-order valence-corrected chi connectivity index (χ0v) is 14.7. The molecule has 0 saturated heterocycles. The van der Waals surface area contributed by atoms with Gasteiger partial charge in [0.25, 0.3) is 0 Å². The second-order valence-corrected chi connectivity index (χ2v) is 6.43. The second kappa shape index (κ2) is 7.37. The Labute approximate surface area is 150 Å². The first-order valence-corrected chi connectivity index (χ1v) is 8.34. The van der Waals surface area contributed by atoms with Gasteiger partial charge in [-0.1, -0.05) is 24.3 Å². The van der Waals surface area contributed by atoms with Gasteiger partial charge in [-0.2, -0.15) is 13.2 Å². The molecule has 0 amide bonds. The van der Waals surface area contributed by atoms with E-state index in [0.717, 1.165) is 30.2 Å². The van der Waals surface area contributed by atoms with Crippen molar-refractivity contribution in [2.75, 3.05) is 26.0 Å². The summed E-state index contributed by atoms with van der Waals surface area (Å²) in [6.07, 6.45) is -4.34. The van der Waals surface area contributed by atoms with E-state index in [0.29, 0.717) is 11.5 Å². The lowest BCUT2D eigenvalue weighted by Gasteiger charge is -2.14. The van der Waals surface area contributed by atoms with Gasteiger partial charge < -0.3 is 14.8 Å². The number of likely N-dealkylation sites (N-methyl/N-ethyl adjacent to an activating group) is 1. The number of fused-ring (bicyclic) bond motifs is 1. The highest BCUT2D eigenvalue weighted by atomic mass is 19.4. The second-order valence-electron chi connectivity index (χ2n) is 6.43. The van der Waals surface area contributed by atoms with Crippen LogP contribution in [0.2, 0.25) is 0 Å². The van der Waals surface area contributed by atoms with E-state index in [2.05, 4.69) is 19.8 Å². The van der Waals surface area contributed by atoms with Gasteiger partial charge in [0.05, 0.1) is 16.6 Å². The van der Waals surface area contributed by atoms with Crippen LogP contribution in [-0.2, 0) is 19.3 Å². The molecule has 0 aliphatic carbocycles. The molecular weight excluding hydrogens is 341 g/mol. The predicted molar refractivity (Wildman–Crippen MR) is 97.1 cm³/mol. The topological polar surface area (TPSA) is 33.1 Å². The van der Waals surface area contributed by atoms with Crippen LogP contribution in [0.15, 0.2) is 48.5 Å². The number of aromatic nitrogens is 2. The number of alkyl halides is 3. The van der Waals surface area contributed by atoms with Crippen molar-refractivity contribution >= 4 is 17.0 Å². The molecule has 138 valence electrons. The summed E-state index contributed by atoms with van der Waals surface area (Å²) >= 11 is 0. The number of benzene rings is 2. The minimum absolute atomic E-state index is 0.273. The van der Waals surface area contributed by atoms with Gasteiger partial charge in [0.15, 0.2) is 0 Å². The third-order valence-corrected chi connectivity index (χ3v) is 4.13. The molecule has 0 fully saturated rings. The van der Waals surface area contributed by atoms with E-state index in [1.54, 1.807) is 6.07 Å². The number of anilines is 1. The van der Waals surface area contributed by atoms with E-state index >= 15 is 0 Å². The normalized spacial score (nSPS) is 12.1. The molecule has 0 spiro atoms. The number of imidazole rings is 1. The molecule has 0 saturated carbocycles. The van der Waals surface area contributed by atoms with Gasteiger partial charge in [-0.25, -0.2) is 4.98 Å². The zero-order valence-electron chi connectivity index (χ0n) is 14.7. The van der Waals surface area contributed by atoms with Gasteiger partial charge in [-0.05, 0) is 43.9 Å². The summed E-state index contributed by atoms with van der Waals surface area (Å²) in [6.45, 7) is 1.84. The van der Waals surface area contributed by atoms with Crippen LogP contribution in [0.4, 0.5) is 19.1 Å². The highest BCUT2D eigenvalue weighted by Crippen LogP contribution is 2.29. The molecule has 1 heterocycles. The molecule has 4 nitrogen and oxygen atoms in total. The third kappa shape index (κ3) is 4.16. The molecule has 26 heavy (non-hydrogen) atoms. The van der Waals surface area contributed by atoms with Crippen LogP contribution in [0.25, 0.3) is 11.0 Å². The molecular formula is C19H21F3N4. The first-order valence-electron chi connectivity index (χ1n) is 8.34. The van der Waals surface area contributed by atoms with E-state index in [1.807, 2.05) is 38.4 Å². The molecule has 3 rings (SSSR count). The van der Waals surface area contributed by atoms with E-state index in [4.69, 9.17) is 0 Å². The van der Waals surface area contributed by atoms with Gasteiger partial charge in [0.2, 0.25) is 5.95 Å². The maximum absolute atomic E-state index is 12.9. The Hall–Kier alpha value is -2.54. The standard InChI is InChI=1S/C19H21F3N4/c1-25(2)10-11-26-17-9-4-3-8-16(17)24-18(26)23-13-14-6-5-7-15(12-14)19(20,21)22/h3-9,12H,10-11,13H2,1-2H3,(H,23,24). The molecule has 1 N–H and O–H groups in total. The average molecular weight is 362 g/mol. The number of rotatable bonds is 6. The van der Waals surface area contributed by atoms with Gasteiger partial charge in [0, 0.05) is 19.6 Å². The lowest BCUT2D eigenvalue weighted by Crippen LogP contribution is -2.19. The monoisotopic (exact) mass is 362 g/mol. The highest BCUT2D eigenvalue weighted by molar-refractivity contribution is 5.78. The summed E-state index contributed by atoms with van der Waals surface area (Å²) in [4.78, 5) is 6.66. The van der Waals surface area contributed by atoms with Crippen molar-refractivity contribution in [1.29, 1.82) is 0 Å². The van der Waals surface area contributed by atoms with Crippen LogP contribution in [0.1, 0.15) is 11.1 Å². The minimum atomic E-state index is -4.34. The van der Waals surface area contributed by atoms with Crippen LogP contribution < -0.4 is 5.32 Å². The quantitative estimate of drug-likeness (QED) is 0.712. The van der Waals surface area contributed by atoms with Gasteiger partial charge in [-0.3, -0.25) is 0 Å². The number of nitrogens with zero attached hydrogens (tertiary/aromatic N) is 3. The number of hydrogen-bond acceptors (Lipinski definition) is 3. The Bertz CT molecular complexity index is 884. The lowest BCUT2D eigenvalue weighted by atomic mass is 10.1. The smallest absolute Gasteiger partial charge is 0.352 e. The van der Waals surface area contributed by atoms with E-state index in [-0.39, 0.29) is 6.54 Å². The van der Waals surface area contributed by atoms with Crippen molar-refractivity contribution in [3.63, 3.8) is 0 Å². The van der Waals surface area contributed by atoms with Crippen LogP contribution in [0.3, 0.4) is 0 Å². The van der Waals surface area contributed by atoms with Crippen molar-refractivity contribution in [2.45, 2.75) is 19.3 Å². The summed E-state index contributed by atoms with van der Waals surface area (Å²) in [5.41, 5.74) is 1.78. The Balaban J connectivity index is 1.83. The average Bonchev–Trinajstić information content (AvgIpc) is 2.95. The van der Waals surface area contributed by atoms with Crippen molar-refractivity contribution in [3.8, 4) is 0 Å².